The highest BCUT2D eigenvalue weighted by molar-refractivity contribution is 5.82. The van der Waals surface area contributed by atoms with E-state index in [0.717, 1.165) is 0 Å². The van der Waals surface area contributed by atoms with Crippen LogP contribution in [0.25, 0.3) is 0 Å². The molecule has 1 heterocycles. The third kappa shape index (κ3) is 4.87. The normalized spacial score (nSPS) is 22.9. The molecule has 0 spiro atoms. The van der Waals surface area contributed by atoms with Crippen LogP contribution in [0.5, 0.6) is 0 Å². The number of esters is 1. The lowest BCUT2D eigenvalue weighted by Crippen LogP contribution is -2.52. The molecule has 0 aromatic heterocycles. The molecule has 0 N–H and O–H groups in total. The Kier molecular flexibility index (Phi) is 5.49. The van der Waals surface area contributed by atoms with Crippen LogP contribution in [-0.2, 0) is 19.0 Å². The second-order valence-electron chi connectivity index (χ2n) is 7.94. The number of amides is 1. The molecule has 0 unspecified atom stereocenters. The smallest absolute Gasteiger partial charge is 0.413 e. The van der Waals surface area contributed by atoms with Crippen molar-refractivity contribution in [1.82, 2.24) is 4.90 Å². The van der Waals surface area contributed by atoms with Gasteiger partial charge < -0.3 is 14.2 Å². The molecule has 0 aliphatic carbocycles. The molecule has 2 atom stereocenters. The van der Waals surface area contributed by atoms with Crippen LogP contribution in [0.15, 0.2) is 0 Å². The molecule has 1 rings (SSSR count). The number of hydrogen-bond acceptors (Lipinski definition) is 5. The monoisotopic (exact) mass is 315 g/mol. The lowest BCUT2D eigenvalue weighted by molar-refractivity contribution is -0.153. The van der Waals surface area contributed by atoms with E-state index in [2.05, 4.69) is 0 Å². The van der Waals surface area contributed by atoms with Crippen LogP contribution >= 0.6 is 0 Å². The van der Waals surface area contributed by atoms with Crippen molar-refractivity contribution in [3.63, 3.8) is 0 Å². The molecule has 1 fully saturated rings. The topological polar surface area (TPSA) is 65.1 Å². The summed E-state index contributed by atoms with van der Waals surface area (Å²) in [5.74, 6) is -0.465. The van der Waals surface area contributed by atoms with Crippen LogP contribution in [0.2, 0.25) is 0 Å². The summed E-state index contributed by atoms with van der Waals surface area (Å²) < 4.78 is 16.4. The van der Waals surface area contributed by atoms with E-state index in [1.807, 2.05) is 20.8 Å². The van der Waals surface area contributed by atoms with Crippen molar-refractivity contribution in [2.75, 3.05) is 6.61 Å². The van der Waals surface area contributed by atoms with Crippen molar-refractivity contribution in [2.24, 2.45) is 5.41 Å². The first-order valence-corrected chi connectivity index (χ1v) is 7.66. The standard InChI is InChI=1S/C16H29NO5/c1-10(2)21-12(18)11-9-20-13(15(3,4)5)17(11)14(19)22-16(6,7)8/h10-11,13H,9H2,1-8H3/t11-,13-/m0/s1. The minimum Gasteiger partial charge on any atom is -0.461 e. The first kappa shape index (κ1) is 18.7. The molecule has 0 aromatic rings. The summed E-state index contributed by atoms with van der Waals surface area (Å²) in [4.78, 5) is 26.2. The maximum atomic E-state index is 12.5. The molecule has 0 radical (unpaired) electrons. The Balaban J connectivity index is 3.02. The number of carbonyl (C=O) groups excluding carboxylic acids is 2. The largest absolute Gasteiger partial charge is 0.461 e. The fourth-order valence-electron chi connectivity index (χ4n) is 2.20. The van der Waals surface area contributed by atoms with Gasteiger partial charge in [-0.3, -0.25) is 4.90 Å². The fourth-order valence-corrected chi connectivity index (χ4v) is 2.20. The van der Waals surface area contributed by atoms with Crippen LogP contribution < -0.4 is 0 Å². The van der Waals surface area contributed by atoms with Gasteiger partial charge in [-0.2, -0.15) is 0 Å². The van der Waals surface area contributed by atoms with Crippen molar-refractivity contribution in [3.05, 3.63) is 0 Å². The highest BCUT2D eigenvalue weighted by Gasteiger charge is 2.49. The van der Waals surface area contributed by atoms with Gasteiger partial charge in [-0.05, 0) is 34.6 Å². The van der Waals surface area contributed by atoms with E-state index < -0.39 is 29.9 Å². The predicted molar refractivity (Wildman–Crippen MR) is 82.3 cm³/mol. The van der Waals surface area contributed by atoms with Gasteiger partial charge in [0.1, 0.15) is 11.8 Å². The number of rotatable bonds is 2. The van der Waals surface area contributed by atoms with E-state index in [1.54, 1.807) is 34.6 Å². The van der Waals surface area contributed by atoms with Gasteiger partial charge in [0.15, 0.2) is 6.04 Å². The first-order chi connectivity index (χ1) is 9.83. The van der Waals surface area contributed by atoms with Gasteiger partial charge in [-0.25, -0.2) is 9.59 Å². The first-order valence-electron chi connectivity index (χ1n) is 7.66. The molecular weight excluding hydrogens is 286 g/mol. The number of hydrogen-bond donors (Lipinski definition) is 0. The van der Waals surface area contributed by atoms with Crippen molar-refractivity contribution >= 4 is 12.1 Å². The fraction of sp³-hybridized carbons (Fsp3) is 0.875. The maximum absolute atomic E-state index is 12.5. The van der Waals surface area contributed by atoms with Gasteiger partial charge in [0.05, 0.1) is 12.7 Å². The lowest BCUT2D eigenvalue weighted by Gasteiger charge is -2.36. The van der Waals surface area contributed by atoms with E-state index >= 15 is 0 Å². The van der Waals surface area contributed by atoms with Gasteiger partial charge in [0.25, 0.3) is 0 Å². The van der Waals surface area contributed by atoms with Crippen molar-refractivity contribution < 1.29 is 23.8 Å². The Bertz CT molecular complexity index is 419. The van der Waals surface area contributed by atoms with Crippen molar-refractivity contribution in [2.45, 2.75) is 79.4 Å². The molecule has 1 aliphatic rings. The Morgan fingerprint density at radius 1 is 1.14 bits per heavy atom. The molecule has 1 amide bonds. The zero-order valence-corrected chi connectivity index (χ0v) is 14.9. The molecule has 22 heavy (non-hydrogen) atoms. The van der Waals surface area contributed by atoms with Gasteiger partial charge in [-0.15, -0.1) is 0 Å². The van der Waals surface area contributed by atoms with Crippen molar-refractivity contribution in [1.29, 1.82) is 0 Å². The summed E-state index contributed by atoms with van der Waals surface area (Å²) in [7, 11) is 0. The van der Waals surface area contributed by atoms with Crippen LogP contribution in [-0.4, -0.2) is 47.5 Å². The Morgan fingerprint density at radius 3 is 2.09 bits per heavy atom. The summed E-state index contributed by atoms with van der Waals surface area (Å²) in [5, 5.41) is 0. The number of ether oxygens (including phenoxy) is 3. The zero-order chi connectivity index (χ0) is 17.3. The van der Waals surface area contributed by atoms with Gasteiger partial charge >= 0.3 is 12.1 Å². The average Bonchev–Trinajstić information content (AvgIpc) is 2.68. The maximum Gasteiger partial charge on any atom is 0.413 e. The molecular formula is C16H29NO5. The average molecular weight is 315 g/mol. The van der Waals surface area contributed by atoms with Gasteiger partial charge in [-0.1, -0.05) is 20.8 Å². The molecule has 6 nitrogen and oxygen atoms in total. The summed E-state index contributed by atoms with van der Waals surface area (Å²) in [6, 6.07) is -0.776. The molecule has 0 bridgehead atoms. The summed E-state index contributed by atoms with van der Waals surface area (Å²) in [5.41, 5.74) is -0.988. The zero-order valence-electron chi connectivity index (χ0n) is 14.9. The molecule has 1 saturated heterocycles. The summed E-state index contributed by atoms with van der Waals surface area (Å²) >= 11 is 0. The van der Waals surface area contributed by atoms with Gasteiger partial charge in [0.2, 0.25) is 0 Å². The van der Waals surface area contributed by atoms with Gasteiger partial charge in [0, 0.05) is 5.41 Å². The molecule has 0 aromatic carbocycles. The molecule has 6 heteroatoms. The molecule has 0 saturated carbocycles. The van der Waals surface area contributed by atoms with Crippen LogP contribution in [0, 0.1) is 5.41 Å². The minimum absolute atomic E-state index is 0.118. The highest BCUT2D eigenvalue weighted by atomic mass is 16.6. The molecule has 1 aliphatic heterocycles. The lowest BCUT2D eigenvalue weighted by atomic mass is 9.93. The Morgan fingerprint density at radius 2 is 1.68 bits per heavy atom. The SMILES string of the molecule is CC(C)OC(=O)[C@@H]1CO[C@@H](C(C)(C)C)N1C(=O)OC(C)(C)C. The highest BCUT2D eigenvalue weighted by Crippen LogP contribution is 2.33. The predicted octanol–water partition coefficient (Wildman–Crippen LogP) is 2.95. The van der Waals surface area contributed by atoms with E-state index in [-0.39, 0.29) is 18.1 Å². The minimum atomic E-state index is -0.776. The van der Waals surface area contributed by atoms with E-state index in [1.165, 1.54) is 4.90 Å². The van der Waals surface area contributed by atoms with Crippen molar-refractivity contribution in [3.8, 4) is 0 Å². The van der Waals surface area contributed by atoms with E-state index in [4.69, 9.17) is 14.2 Å². The second-order valence-corrected chi connectivity index (χ2v) is 7.94. The number of carbonyl (C=O) groups is 2. The Hall–Kier alpha value is -1.30. The van der Waals surface area contributed by atoms with Crippen LogP contribution in [0.4, 0.5) is 4.79 Å². The number of nitrogens with zero attached hydrogens (tertiary/aromatic N) is 1. The Labute approximate surface area is 133 Å². The quantitative estimate of drug-likeness (QED) is 0.733. The molecule has 128 valence electrons. The third-order valence-corrected chi connectivity index (χ3v) is 2.97. The third-order valence-electron chi connectivity index (χ3n) is 2.97. The van der Waals surface area contributed by atoms with E-state index in [9.17, 15) is 9.59 Å². The second kappa shape index (κ2) is 6.44. The summed E-state index contributed by atoms with van der Waals surface area (Å²) in [6.07, 6.45) is -1.34. The van der Waals surface area contributed by atoms with E-state index in [0.29, 0.717) is 0 Å². The summed E-state index contributed by atoms with van der Waals surface area (Å²) in [6.45, 7) is 14.9. The van der Waals surface area contributed by atoms with Crippen LogP contribution in [0.3, 0.4) is 0 Å². The van der Waals surface area contributed by atoms with Crippen LogP contribution in [0.1, 0.15) is 55.4 Å².